The zero-order chi connectivity index (χ0) is 19.9. The summed E-state index contributed by atoms with van der Waals surface area (Å²) in [5.74, 6) is 0.557. The van der Waals surface area contributed by atoms with E-state index in [1.54, 1.807) is 12.0 Å². The van der Waals surface area contributed by atoms with Crippen LogP contribution in [0.15, 0.2) is 48.5 Å². The lowest BCUT2D eigenvalue weighted by atomic mass is 9.97. The van der Waals surface area contributed by atoms with Gasteiger partial charge in [-0.2, -0.15) is 0 Å². The molecular weight excluding hydrogens is 354 g/mol. The van der Waals surface area contributed by atoms with Gasteiger partial charge in [0.25, 0.3) is 0 Å². The fourth-order valence-corrected chi connectivity index (χ4v) is 3.42. The lowest BCUT2D eigenvalue weighted by molar-refractivity contribution is -0.126. The number of amides is 3. The topological polar surface area (TPSA) is 70.7 Å². The molecule has 148 valence electrons. The van der Waals surface area contributed by atoms with Gasteiger partial charge in [-0.3, -0.25) is 4.79 Å². The Kier molecular flexibility index (Phi) is 6.53. The minimum absolute atomic E-state index is 0.0177. The summed E-state index contributed by atoms with van der Waals surface area (Å²) in [5, 5.41) is 5.91. The fraction of sp³-hybridized carbons (Fsp3) is 0.364. The van der Waals surface area contributed by atoms with Crippen molar-refractivity contribution in [2.24, 2.45) is 5.92 Å². The maximum atomic E-state index is 12.6. The molecule has 6 nitrogen and oxygen atoms in total. The molecule has 1 heterocycles. The number of methoxy groups -OCH3 is 1. The SMILES string of the molecule is COc1cccc(CNC(=O)C2CCCN(C(=O)Nc3cccc(C)c3)C2)c1. The molecule has 1 fully saturated rings. The van der Waals surface area contributed by atoms with Gasteiger partial charge in [0, 0.05) is 25.3 Å². The summed E-state index contributed by atoms with van der Waals surface area (Å²) < 4.78 is 5.21. The molecule has 1 atom stereocenters. The van der Waals surface area contributed by atoms with Crippen LogP contribution in [0.1, 0.15) is 24.0 Å². The Morgan fingerprint density at radius 1 is 1.18 bits per heavy atom. The highest BCUT2D eigenvalue weighted by Gasteiger charge is 2.28. The van der Waals surface area contributed by atoms with Crippen molar-refractivity contribution < 1.29 is 14.3 Å². The van der Waals surface area contributed by atoms with E-state index in [2.05, 4.69) is 10.6 Å². The molecule has 0 radical (unpaired) electrons. The number of rotatable bonds is 5. The predicted molar refractivity (Wildman–Crippen MR) is 109 cm³/mol. The minimum Gasteiger partial charge on any atom is -0.497 e. The van der Waals surface area contributed by atoms with Crippen molar-refractivity contribution in [3.63, 3.8) is 0 Å². The predicted octanol–water partition coefficient (Wildman–Crippen LogP) is 3.56. The molecule has 0 bridgehead atoms. The van der Waals surface area contributed by atoms with Gasteiger partial charge in [0.1, 0.15) is 5.75 Å². The normalized spacial score (nSPS) is 16.4. The summed E-state index contributed by atoms with van der Waals surface area (Å²) in [6.45, 7) is 3.53. The Balaban J connectivity index is 1.53. The molecular formula is C22H27N3O3. The van der Waals surface area contributed by atoms with Crippen LogP contribution in [0.4, 0.5) is 10.5 Å². The Morgan fingerprint density at radius 3 is 2.79 bits per heavy atom. The van der Waals surface area contributed by atoms with Crippen LogP contribution in [0.3, 0.4) is 0 Å². The van der Waals surface area contributed by atoms with E-state index in [0.29, 0.717) is 19.6 Å². The molecule has 2 N–H and O–H groups in total. The Bertz CT molecular complexity index is 837. The zero-order valence-electron chi connectivity index (χ0n) is 16.4. The number of likely N-dealkylation sites (tertiary alicyclic amines) is 1. The van der Waals surface area contributed by atoms with Crippen molar-refractivity contribution in [3.8, 4) is 5.75 Å². The van der Waals surface area contributed by atoms with Gasteiger partial charge in [-0.05, 0) is 55.2 Å². The third kappa shape index (κ3) is 5.25. The largest absolute Gasteiger partial charge is 0.497 e. The highest BCUT2D eigenvalue weighted by molar-refractivity contribution is 5.90. The van der Waals surface area contributed by atoms with Gasteiger partial charge in [-0.15, -0.1) is 0 Å². The molecule has 0 spiro atoms. The van der Waals surface area contributed by atoms with Gasteiger partial charge < -0.3 is 20.3 Å². The third-order valence-electron chi connectivity index (χ3n) is 4.95. The molecule has 3 rings (SSSR count). The van der Waals surface area contributed by atoms with E-state index in [1.807, 2.05) is 55.5 Å². The summed E-state index contributed by atoms with van der Waals surface area (Å²) in [5.41, 5.74) is 2.85. The van der Waals surface area contributed by atoms with Crippen molar-refractivity contribution in [1.82, 2.24) is 10.2 Å². The second kappa shape index (κ2) is 9.26. The van der Waals surface area contributed by atoms with Crippen LogP contribution in [-0.4, -0.2) is 37.0 Å². The maximum absolute atomic E-state index is 12.6. The van der Waals surface area contributed by atoms with Crippen LogP contribution in [0.2, 0.25) is 0 Å². The fourth-order valence-electron chi connectivity index (χ4n) is 3.42. The summed E-state index contributed by atoms with van der Waals surface area (Å²) in [6, 6.07) is 15.2. The van der Waals surface area contributed by atoms with Crippen molar-refractivity contribution in [2.45, 2.75) is 26.3 Å². The van der Waals surface area contributed by atoms with Crippen LogP contribution in [-0.2, 0) is 11.3 Å². The number of ether oxygens (including phenoxy) is 1. The van der Waals surface area contributed by atoms with E-state index in [9.17, 15) is 9.59 Å². The Hall–Kier alpha value is -3.02. The van der Waals surface area contributed by atoms with Gasteiger partial charge in [0.2, 0.25) is 5.91 Å². The highest BCUT2D eigenvalue weighted by atomic mass is 16.5. The molecule has 1 saturated heterocycles. The van der Waals surface area contributed by atoms with Crippen LogP contribution in [0.5, 0.6) is 5.75 Å². The molecule has 0 aliphatic carbocycles. The average molecular weight is 381 g/mol. The number of aryl methyl sites for hydroxylation is 1. The number of hydrogen-bond donors (Lipinski definition) is 2. The van der Waals surface area contributed by atoms with Crippen molar-refractivity contribution in [3.05, 3.63) is 59.7 Å². The standard InChI is InChI=1S/C22H27N3O3/c1-16-6-3-9-19(12-16)24-22(27)25-11-5-8-18(15-25)21(26)23-14-17-7-4-10-20(13-17)28-2/h3-4,6-7,9-10,12-13,18H,5,8,11,14-15H2,1-2H3,(H,23,26)(H,24,27). The van der Waals surface area contributed by atoms with Crippen LogP contribution >= 0.6 is 0 Å². The number of carbonyl (C=O) groups excluding carboxylic acids is 2. The molecule has 2 aromatic carbocycles. The van der Waals surface area contributed by atoms with Gasteiger partial charge >= 0.3 is 6.03 Å². The second-order valence-corrected chi connectivity index (χ2v) is 7.15. The molecule has 6 heteroatoms. The van der Waals surface area contributed by atoms with Crippen molar-refractivity contribution >= 4 is 17.6 Å². The summed E-state index contributed by atoms with van der Waals surface area (Å²) >= 11 is 0. The minimum atomic E-state index is -0.192. The molecule has 28 heavy (non-hydrogen) atoms. The highest BCUT2D eigenvalue weighted by Crippen LogP contribution is 2.19. The smallest absolute Gasteiger partial charge is 0.321 e. The first-order chi connectivity index (χ1) is 13.5. The van der Waals surface area contributed by atoms with E-state index in [4.69, 9.17) is 4.74 Å². The van der Waals surface area contributed by atoms with E-state index < -0.39 is 0 Å². The molecule has 1 aliphatic rings. The van der Waals surface area contributed by atoms with E-state index >= 15 is 0 Å². The zero-order valence-corrected chi connectivity index (χ0v) is 16.4. The third-order valence-corrected chi connectivity index (χ3v) is 4.95. The monoisotopic (exact) mass is 381 g/mol. The number of hydrogen-bond acceptors (Lipinski definition) is 3. The van der Waals surface area contributed by atoms with Crippen LogP contribution in [0.25, 0.3) is 0 Å². The van der Waals surface area contributed by atoms with Gasteiger partial charge in [-0.25, -0.2) is 4.79 Å². The number of benzene rings is 2. The summed E-state index contributed by atoms with van der Waals surface area (Å²) in [7, 11) is 1.62. The van der Waals surface area contributed by atoms with E-state index in [1.165, 1.54) is 0 Å². The first kappa shape index (κ1) is 19.7. The molecule has 0 saturated carbocycles. The second-order valence-electron chi connectivity index (χ2n) is 7.15. The first-order valence-electron chi connectivity index (χ1n) is 9.58. The van der Waals surface area contributed by atoms with Gasteiger partial charge in [0.05, 0.1) is 13.0 Å². The van der Waals surface area contributed by atoms with Crippen LogP contribution in [0, 0.1) is 12.8 Å². The molecule has 3 amide bonds. The Morgan fingerprint density at radius 2 is 2.00 bits per heavy atom. The summed E-state index contributed by atoms with van der Waals surface area (Å²) in [6.07, 6.45) is 1.61. The number of carbonyl (C=O) groups is 2. The van der Waals surface area contributed by atoms with Crippen molar-refractivity contribution in [1.29, 1.82) is 0 Å². The number of anilines is 1. The summed E-state index contributed by atoms with van der Waals surface area (Å²) in [4.78, 5) is 26.9. The number of piperidine rings is 1. The Labute approximate surface area is 165 Å². The van der Waals surface area contributed by atoms with E-state index in [0.717, 1.165) is 35.4 Å². The van der Waals surface area contributed by atoms with Crippen LogP contribution < -0.4 is 15.4 Å². The lowest BCUT2D eigenvalue weighted by Gasteiger charge is -2.32. The molecule has 0 aromatic heterocycles. The lowest BCUT2D eigenvalue weighted by Crippen LogP contribution is -2.46. The van der Waals surface area contributed by atoms with Gasteiger partial charge in [0.15, 0.2) is 0 Å². The maximum Gasteiger partial charge on any atom is 0.321 e. The number of nitrogens with one attached hydrogen (secondary N) is 2. The molecule has 2 aromatic rings. The number of urea groups is 1. The van der Waals surface area contributed by atoms with Crippen molar-refractivity contribution in [2.75, 3.05) is 25.5 Å². The van der Waals surface area contributed by atoms with Gasteiger partial charge in [-0.1, -0.05) is 24.3 Å². The van der Waals surface area contributed by atoms with E-state index in [-0.39, 0.29) is 17.9 Å². The first-order valence-corrected chi connectivity index (χ1v) is 9.58. The average Bonchev–Trinajstić information content (AvgIpc) is 2.72. The molecule has 1 unspecified atom stereocenters. The quantitative estimate of drug-likeness (QED) is 0.832. The molecule has 1 aliphatic heterocycles. The number of nitrogens with zero attached hydrogens (tertiary/aromatic N) is 1.